The third-order valence-electron chi connectivity index (χ3n) is 2.05. The van der Waals surface area contributed by atoms with Crippen molar-refractivity contribution in [2.24, 2.45) is 0 Å². The van der Waals surface area contributed by atoms with E-state index in [1.165, 1.54) is 0 Å². The smallest absolute Gasteiger partial charge is 0.313 e. The van der Waals surface area contributed by atoms with E-state index in [1.54, 1.807) is 25.1 Å². The van der Waals surface area contributed by atoms with Gasteiger partial charge in [0.25, 0.3) is 0 Å². The van der Waals surface area contributed by atoms with Crippen LogP contribution in [0.3, 0.4) is 0 Å². The summed E-state index contributed by atoms with van der Waals surface area (Å²) in [6.45, 7) is 1.96. The van der Waals surface area contributed by atoms with Gasteiger partial charge in [0.1, 0.15) is 12.2 Å². The number of rotatable bonds is 5. The van der Waals surface area contributed by atoms with E-state index in [0.717, 1.165) is 0 Å². The first-order chi connectivity index (χ1) is 8.02. The van der Waals surface area contributed by atoms with Gasteiger partial charge in [-0.2, -0.15) is 0 Å². The molecular weight excluding hydrogens is 263 g/mol. The molecule has 0 N–H and O–H groups in total. The molecule has 0 fully saturated rings. The Balaban J connectivity index is 2.59. The molecule has 0 saturated carbocycles. The minimum Gasteiger partial charge on any atom is -0.466 e. The molecule has 0 amide bonds. The fourth-order valence-electron chi connectivity index (χ4n) is 1.31. The maximum absolute atomic E-state index is 11.5. The van der Waals surface area contributed by atoms with E-state index in [0.29, 0.717) is 15.6 Å². The molecule has 1 rings (SSSR count). The number of benzene rings is 1. The highest BCUT2D eigenvalue weighted by atomic mass is 35.5. The maximum atomic E-state index is 11.5. The van der Waals surface area contributed by atoms with E-state index in [4.69, 9.17) is 23.2 Å². The summed E-state index contributed by atoms with van der Waals surface area (Å²) in [4.78, 5) is 22.6. The Morgan fingerprint density at radius 2 is 2.00 bits per heavy atom. The Bertz CT molecular complexity index is 430. The Hall–Kier alpha value is -1.06. The van der Waals surface area contributed by atoms with Crippen LogP contribution >= 0.6 is 23.2 Å². The minimum absolute atomic E-state index is 0.106. The molecule has 0 aliphatic carbocycles. The zero-order chi connectivity index (χ0) is 12.8. The van der Waals surface area contributed by atoms with E-state index < -0.39 is 5.97 Å². The second-order valence-corrected chi connectivity index (χ2v) is 4.28. The third kappa shape index (κ3) is 4.75. The van der Waals surface area contributed by atoms with Crippen molar-refractivity contribution in [2.45, 2.75) is 19.8 Å². The first kappa shape index (κ1) is 14.0. The van der Waals surface area contributed by atoms with Crippen LogP contribution in [0.1, 0.15) is 18.9 Å². The highest BCUT2D eigenvalue weighted by molar-refractivity contribution is 6.35. The molecule has 0 heterocycles. The molecule has 0 bridgehead atoms. The molecule has 0 unspecified atom stereocenters. The Morgan fingerprint density at radius 1 is 1.29 bits per heavy atom. The topological polar surface area (TPSA) is 43.4 Å². The molecule has 1 aromatic rings. The Labute approximate surface area is 110 Å². The number of Topliss-reactive ketones (excluding diaryl/α,β-unsaturated/α-hetero) is 1. The van der Waals surface area contributed by atoms with Crippen LogP contribution in [0, 0.1) is 0 Å². The van der Waals surface area contributed by atoms with Gasteiger partial charge in [-0.3, -0.25) is 9.59 Å². The van der Waals surface area contributed by atoms with Crippen molar-refractivity contribution in [1.82, 2.24) is 0 Å². The van der Waals surface area contributed by atoms with Crippen LogP contribution in [0.5, 0.6) is 0 Å². The van der Waals surface area contributed by atoms with Crippen LogP contribution in [-0.4, -0.2) is 18.4 Å². The third-order valence-corrected chi connectivity index (χ3v) is 2.64. The van der Waals surface area contributed by atoms with Crippen molar-refractivity contribution >= 4 is 35.0 Å². The van der Waals surface area contributed by atoms with E-state index >= 15 is 0 Å². The number of esters is 1. The van der Waals surface area contributed by atoms with Crippen LogP contribution in [0.2, 0.25) is 10.0 Å². The van der Waals surface area contributed by atoms with E-state index in [1.807, 2.05) is 0 Å². The highest BCUT2D eigenvalue weighted by Gasteiger charge is 2.12. The molecule has 3 nitrogen and oxygen atoms in total. The lowest BCUT2D eigenvalue weighted by Crippen LogP contribution is -2.13. The second-order valence-electron chi connectivity index (χ2n) is 3.43. The van der Waals surface area contributed by atoms with E-state index in [-0.39, 0.29) is 25.2 Å². The Kier molecular flexibility index (Phi) is 5.45. The summed E-state index contributed by atoms with van der Waals surface area (Å²) in [6.07, 6.45) is -0.123. The molecule has 0 aliphatic rings. The summed E-state index contributed by atoms with van der Waals surface area (Å²) in [5.74, 6) is -0.741. The van der Waals surface area contributed by atoms with Crippen LogP contribution < -0.4 is 0 Å². The lowest BCUT2D eigenvalue weighted by molar-refractivity contribution is -0.145. The fourth-order valence-corrected chi connectivity index (χ4v) is 1.79. The predicted molar refractivity (Wildman–Crippen MR) is 66.4 cm³/mol. The van der Waals surface area contributed by atoms with Crippen LogP contribution in [0.25, 0.3) is 0 Å². The van der Waals surface area contributed by atoms with Gasteiger partial charge >= 0.3 is 5.97 Å². The number of hydrogen-bond donors (Lipinski definition) is 0. The maximum Gasteiger partial charge on any atom is 0.313 e. The molecule has 92 valence electrons. The number of halogens is 2. The lowest BCUT2D eigenvalue weighted by Gasteiger charge is -2.04. The first-order valence-electron chi connectivity index (χ1n) is 5.14. The predicted octanol–water partition coefficient (Wildman–Crippen LogP) is 3.06. The molecule has 0 spiro atoms. The van der Waals surface area contributed by atoms with Gasteiger partial charge in [-0.05, 0) is 24.6 Å². The molecule has 0 aliphatic heterocycles. The lowest BCUT2D eigenvalue weighted by atomic mass is 10.1. The van der Waals surface area contributed by atoms with Gasteiger partial charge < -0.3 is 4.74 Å². The van der Waals surface area contributed by atoms with Gasteiger partial charge in [0, 0.05) is 16.5 Å². The monoisotopic (exact) mass is 274 g/mol. The van der Waals surface area contributed by atoms with Crippen molar-refractivity contribution in [3.8, 4) is 0 Å². The Morgan fingerprint density at radius 3 is 2.59 bits per heavy atom. The summed E-state index contributed by atoms with van der Waals surface area (Å²) < 4.78 is 4.69. The molecular formula is C12H12Cl2O3. The van der Waals surface area contributed by atoms with Gasteiger partial charge in [-0.1, -0.05) is 29.3 Å². The summed E-state index contributed by atoms with van der Waals surface area (Å²) in [6, 6.07) is 4.89. The van der Waals surface area contributed by atoms with E-state index in [2.05, 4.69) is 4.74 Å². The molecule has 1 aromatic carbocycles. The van der Waals surface area contributed by atoms with Gasteiger partial charge in [0.15, 0.2) is 0 Å². The summed E-state index contributed by atoms with van der Waals surface area (Å²) >= 11 is 11.7. The van der Waals surface area contributed by atoms with Gasteiger partial charge in [0.2, 0.25) is 0 Å². The van der Waals surface area contributed by atoms with E-state index in [9.17, 15) is 9.59 Å². The molecule has 17 heavy (non-hydrogen) atoms. The molecule has 5 heteroatoms. The molecule has 0 radical (unpaired) electrons. The molecule has 0 saturated heterocycles. The largest absolute Gasteiger partial charge is 0.466 e. The van der Waals surface area contributed by atoms with Crippen molar-refractivity contribution < 1.29 is 14.3 Å². The number of ketones is 1. The standard InChI is InChI=1S/C12H12Cl2O3/c1-2-17-12(16)7-10(15)5-8-3-4-9(13)6-11(8)14/h3-4,6H,2,5,7H2,1H3. The van der Waals surface area contributed by atoms with Crippen molar-refractivity contribution in [3.63, 3.8) is 0 Å². The number of carbonyl (C=O) groups is 2. The highest BCUT2D eigenvalue weighted by Crippen LogP contribution is 2.21. The first-order valence-corrected chi connectivity index (χ1v) is 5.89. The SMILES string of the molecule is CCOC(=O)CC(=O)Cc1ccc(Cl)cc1Cl. The van der Waals surface area contributed by atoms with Crippen molar-refractivity contribution in [2.75, 3.05) is 6.61 Å². The fraction of sp³-hybridized carbons (Fsp3) is 0.333. The zero-order valence-corrected chi connectivity index (χ0v) is 10.8. The van der Waals surface area contributed by atoms with Crippen molar-refractivity contribution in [3.05, 3.63) is 33.8 Å². The van der Waals surface area contributed by atoms with Gasteiger partial charge in [-0.25, -0.2) is 0 Å². The normalized spacial score (nSPS) is 10.1. The number of ether oxygens (including phenoxy) is 1. The van der Waals surface area contributed by atoms with Crippen LogP contribution in [0.15, 0.2) is 18.2 Å². The van der Waals surface area contributed by atoms with Gasteiger partial charge in [0.05, 0.1) is 6.61 Å². The number of hydrogen-bond acceptors (Lipinski definition) is 3. The summed E-state index contributed by atoms with van der Waals surface area (Å²) in [7, 11) is 0. The van der Waals surface area contributed by atoms with Crippen molar-refractivity contribution in [1.29, 1.82) is 0 Å². The quantitative estimate of drug-likeness (QED) is 0.612. The van der Waals surface area contributed by atoms with Crippen LogP contribution in [-0.2, 0) is 20.7 Å². The summed E-state index contributed by atoms with van der Waals surface area (Å²) in [5, 5.41) is 0.936. The number of carbonyl (C=O) groups excluding carboxylic acids is 2. The molecule has 0 aromatic heterocycles. The van der Waals surface area contributed by atoms with Gasteiger partial charge in [-0.15, -0.1) is 0 Å². The van der Waals surface area contributed by atoms with Crippen LogP contribution in [0.4, 0.5) is 0 Å². The summed E-state index contributed by atoms with van der Waals surface area (Å²) in [5.41, 5.74) is 0.658. The average Bonchev–Trinajstić information content (AvgIpc) is 2.22. The average molecular weight is 275 g/mol. The zero-order valence-electron chi connectivity index (χ0n) is 9.33. The second kappa shape index (κ2) is 6.62. The molecule has 0 atom stereocenters. The minimum atomic E-state index is -0.511.